The molecule has 2 amide bonds. The monoisotopic (exact) mass is 359 g/mol. The minimum atomic E-state index is 0.0854. The Hall–Kier alpha value is -2.08. The number of ether oxygens (including phenoxy) is 1. The first kappa shape index (κ1) is 18.7. The van der Waals surface area contributed by atoms with Gasteiger partial charge < -0.3 is 19.9 Å². The Morgan fingerprint density at radius 2 is 2.15 bits per heavy atom. The highest BCUT2D eigenvalue weighted by Crippen LogP contribution is 2.32. The second kappa shape index (κ2) is 8.08. The Balaban J connectivity index is 1.70. The first-order chi connectivity index (χ1) is 12.5. The lowest BCUT2D eigenvalue weighted by molar-refractivity contribution is -0.140. The van der Waals surface area contributed by atoms with E-state index in [9.17, 15) is 9.59 Å². The number of nitrogens with one attached hydrogen (secondary N) is 1. The molecule has 0 aromatic heterocycles. The second-order valence-electron chi connectivity index (χ2n) is 7.28. The largest absolute Gasteiger partial charge is 0.497 e. The van der Waals surface area contributed by atoms with Crippen molar-refractivity contribution in [2.75, 3.05) is 40.3 Å². The van der Waals surface area contributed by atoms with E-state index in [2.05, 4.69) is 5.32 Å². The van der Waals surface area contributed by atoms with Crippen LogP contribution in [0.1, 0.15) is 35.2 Å². The quantitative estimate of drug-likeness (QED) is 0.869. The van der Waals surface area contributed by atoms with Gasteiger partial charge in [-0.05, 0) is 56.5 Å². The summed E-state index contributed by atoms with van der Waals surface area (Å²) in [5.41, 5.74) is 1.68. The number of piperidine rings is 2. The predicted molar refractivity (Wildman–Crippen MR) is 100 cm³/mol. The number of aryl methyl sites for hydroxylation is 1. The molecule has 1 N–H and O–H groups in total. The first-order valence-electron chi connectivity index (χ1n) is 9.43. The van der Waals surface area contributed by atoms with Crippen molar-refractivity contribution in [1.82, 2.24) is 15.1 Å². The highest BCUT2D eigenvalue weighted by Gasteiger charge is 2.40. The zero-order chi connectivity index (χ0) is 18.7. The minimum Gasteiger partial charge on any atom is -0.497 e. The zero-order valence-corrected chi connectivity index (χ0v) is 16.0. The number of amides is 2. The molecule has 2 aliphatic rings. The number of benzene rings is 1. The Morgan fingerprint density at radius 1 is 1.35 bits per heavy atom. The van der Waals surface area contributed by atoms with Crippen LogP contribution in [0.15, 0.2) is 18.2 Å². The summed E-state index contributed by atoms with van der Waals surface area (Å²) < 4.78 is 5.23. The molecule has 0 spiro atoms. The smallest absolute Gasteiger partial charge is 0.254 e. The van der Waals surface area contributed by atoms with Crippen LogP contribution < -0.4 is 10.1 Å². The second-order valence-corrected chi connectivity index (χ2v) is 7.28. The SMILES string of the molecule is CNCCN1C(=O)CC[C@H]2CN(C(=O)c3ccc(OC)cc3C)CC[C@H]21. The van der Waals surface area contributed by atoms with Crippen LogP contribution in [-0.2, 0) is 4.79 Å². The van der Waals surface area contributed by atoms with Crippen molar-refractivity contribution >= 4 is 11.8 Å². The molecule has 0 aliphatic carbocycles. The van der Waals surface area contributed by atoms with Crippen LogP contribution in [0.4, 0.5) is 0 Å². The molecular weight excluding hydrogens is 330 g/mol. The molecule has 0 bridgehead atoms. The summed E-state index contributed by atoms with van der Waals surface area (Å²) in [6.45, 7) is 4.94. The number of likely N-dealkylation sites (tertiary alicyclic amines) is 2. The van der Waals surface area contributed by atoms with E-state index in [1.54, 1.807) is 7.11 Å². The van der Waals surface area contributed by atoms with Gasteiger partial charge in [-0.1, -0.05) is 0 Å². The third kappa shape index (κ3) is 3.70. The third-order valence-electron chi connectivity index (χ3n) is 5.70. The van der Waals surface area contributed by atoms with E-state index in [1.807, 2.05) is 42.0 Å². The number of carbonyl (C=O) groups is 2. The van der Waals surface area contributed by atoms with Gasteiger partial charge in [0, 0.05) is 44.2 Å². The summed E-state index contributed by atoms with van der Waals surface area (Å²) in [5.74, 6) is 1.49. The number of hydrogen-bond acceptors (Lipinski definition) is 4. The fraction of sp³-hybridized carbons (Fsp3) is 0.600. The molecule has 2 heterocycles. The lowest BCUT2D eigenvalue weighted by Gasteiger charge is -2.47. The van der Waals surface area contributed by atoms with Crippen molar-refractivity contribution < 1.29 is 14.3 Å². The average Bonchev–Trinajstić information content (AvgIpc) is 2.66. The van der Waals surface area contributed by atoms with Gasteiger partial charge in [0.05, 0.1) is 7.11 Å². The molecule has 26 heavy (non-hydrogen) atoms. The lowest BCUT2D eigenvalue weighted by atomic mass is 9.83. The molecule has 0 radical (unpaired) electrons. The minimum absolute atomic E-state index is 0.0854. The maximum atomic E-state index is 13.0. The third-order valence-corrected chi connectivity index (χ3v) is 5.70. The molecule has 2 atom stereocenters. The summed E-state index contributed by atoms with van der Waals surface area (Å²) in [6.07, 6.45) is 2.33. The van der Waals surface area contributed by atoms with Crippen LogP contribution in [0.2, 0.25) is 0 Å². The van der Waals surface area contributed by atoms with Crippen molar-refractivity contribution in [2.45, 2.75) is 32.2 Å². The van der Waals surface area contributed by atoms with Gasteiger partial charge in [-0.25, -0.2) is 0 Å². The molecule has 6 nitrogen and oxygen atoms in total. The van der Waals surface area contributed by atoms with Gasteiger partial charge in [0.2, 0.25) is 5.91 Å². The van der Waals surface area contributed by atoms with Crippen LogP contribution in [0.25, 0.3) is 0 Å². The van der Waals surface area contributed by atoms with Gasteiger partial charge in [-0.2, -0.15) is 0 Å². The number of likely N-dealkylation sites (N-methyl/N-ethyl adjacent to an activating group) is 1. The van der Waals surface area contributed by atoms with Gasteiger partial charge in [-0.15, -0.1) is 0 Å². The molecule has 2 fully saturated rings. The maximum absolute atomic E-state index is 13.0. The maximum Gasteiger partial charge on any atom is 0.254 e. The van der Waals surface area contributed by atoms with Crippen molar-refractivity contribution in [3.63, 3.8) is 0 Å². The molecule has 0 unspecified atom stereocenters. The number of carbonyl (C=O) groups excluding carboxylic acids is 2. The number of methoxy groups -OCH3 is 1. The van der Waals surface area contributed by atoms with E-state index in [-0.39, 0.29) is 17.9 Å². The molecule has 3 rings (SSSR count). The van der Waals surface area contributed by atoms with Crippen molar-refractivity contribution in [1.29, 1.82) is 0 Å². The Bertz CT molecular complexity index is 676. The summed E-state index contributed by atoms with van der Waals surface area (Å²) in [7, 11) is 3.54. The van der Waals surface area contributed by atoms with Gasteiger partial charge >= 0.3 is 0 Å². The van der Waals surface area contributed by atoms with Crippen LogP contribution >= 0.6 is 0 Å². The lowest BCUT2D eigenvalue weighted by Crippen LogP contribution is -2.57. The highest BCUT2D eigenvalue weighted by molar-refractivity contribution is 5.96. The summed E-state index contributed by atoms with van der Waals surface area (Å²) in [5, 5.41) is 3.13. The van der Waals surface area contributed by atoms with Crippen LogP contribution in [0.3, 0.4) is 0 Å². The molecule has 142 valence electrons. The summed E-state index contributed by atoms with van der Waals surface area (Å²) in [6, 6.07) is 5.86. The van der Waals surface area contributed by atoms with Crippen LogP contribution in [0.5, 0.6) is 5.75 Å². The molecule has 6 heteroatoms. The summed E-state index contributed by atoms with van der Waals surface area (Å²) in [4.78, 5) is 29.3. The standard InChI is InChI=1S/C20H29N3O3/c1-14-12-16(26-3)5-6-17(14)20(25)22-10-8-18-15(13-22)4-7-19(24)23(18)11-9-21-2/h5-6,12,15,18,21H,4,7-11,13H2,1-3H3/t15-,18+/m0/s1. The Morgan fingerprint density at radius 3 is 2.85 bits per heavy atom. The van der Waals surface area contributed by atoms with Crippen molar-refractivity contribution in [3.8, 4) is 5.75 Å². The molecule has 1 aromatic carbocycles. The van der Waals surface area contributed by atoms with E-state index in [1.165, 1.54) is 0 Å². The number of nitrogens with zero attached hydrogens (tertiary/aromatic N) is 2. The predicted octanol–water partition coefficient (Wildman–Crippen LogP) is 1.68. The summed E-state index contributed by atoms with van der Waals surface area (Å²) >= 11 is 0. The molecule has 0 saturated carbocycles. The Kier molecular flexibility index (Phi) is 5.81. The molecule has 2 aliphatic heterocycles. The highest BCUT2D eigenvalue weighted by atomic mass is 16.5. The molecular formula is C20H29N3O3. The molecule has 2 saturated heterocycles. The van der Waals surface area contributed by atoms with E-state index < -0.39 is 0 Å². The van der Waals surface area contributed by atoms with Crippen LogP contribution in [0, 0.1) is 12.8 Å². The number of rotatable bonds is 5. The van der Waals surface area contributed by atoms with E-state index >= 15 is 0 Å². The topological polar surface area (TPSA) is 61.9 Å². The average molecular weight is 359 g/mol. The number of hydrogen-bond donors (Lipinski definition) is 1. The van der Waals surface area contributed by atoms with Gasteiger partial charge in [0.15, 0.2) is 0 Å². The van der Waals surface area contributed by atoms with Gasteiger partial charge in [-0.3, -0.25) is 9.59 Å². The van der Waals surface area contributed by atoms with Crippen LogP contribution in [-0.4, -0.2) is 68.0 Å². The van der Waals surface area contributed by atoms with Gasteiger partial charge in [0.25, 0.3) is 5.91 Å². The normalized spacial score (nSPS) is 23.0. The zero-order valence-electron chi connectivity index (χ0n) is 16.0. The van der Waals surface area contributed by atoms with E-state index in [4.69, 9.17) is 4.74 Å². The fourth-order valence-corrected chi connectivity index (χ4v) is 4.23. The molecule has 1 aromatic rings. The number of fused-ring (bicyclic) bond motifs is 1. The van der Waals surface area contributed by atoms with E-state index in [0.29, 0.717) is 18.9 Å². The fourth-order valence-electron chi connectivity index (χ4n) is 4.23. The van der Waals surface area contributed by atoms with Gasteiger partial charge in [0.1, 0.15) is 5.75 Å². The Labute approximate surface area is 155 Å². The first-order valence-corrected chi connectivity index (χ1v) is 9.43. The van der Waals surface area contributed by atoms with Crippen molar-refractivity contribution in [2.24, 2.45) is 5.92 Å². The van der Waals surface area contributed by atoms with Crippen molar-refractivity contribution in [3.05, 3.63) is 29.3 Å². The van der Waals surface area contributed by atoms with E-state index in [0.717, 1.165) is 49.4 Å².